The standard InChI is InChI=1S/C28H32F3N3O5/c1-26(2,3)39-25(35)33-16-14-27(36,15-17-33)24-22(28(29,30)31)23(18-6-10-20(37-4)11-7-18)34(32-24)19-8-12-21(38-5)13-9-19/h6-13,36H,14-17H2,1-5H3. The molecule has 3 aromatic rings. The third-order valence-corrected chi connectivity index (χ3v) is 6.53. The number of halogens is 3. The molecule has 2 heterocycles. The maximum Gasteiger partial charge on any atom is 0.420 e. The van der Waals surface area contributed by atoms with Crippen LogP contribution in [0.5, 0.6) is 11.5 Å². The van der Waals surface area contributed by atoms with Crippen LogP contribution in [0.25, 0.3) is 16.9 Å². The third kappa shape index (κ3) is 5.98. The molecule has 4 rings (SSSR count). The second-order valence-corrected chi connectivity index (χ2v) is 10.4. The minimum Gasteiger partial charge on any atom is -0.497 e. The molecule has 210 valence electrons. The number of aliphatic hydroxyl groups is 1. The number of amides is 1. The largest absolute Gasteiger partial charge is 0.497 e. The number of alkyl halides is 3. The summed E-state index contributed by atoms with van der Waals surface area (Å²) in [7, 11) is 2.96. The Labute approximate surface area is 224 Å². The van der Waals surface area contributed by atoms with Gasteiger partial charge in [-0.15, -0.1) is 0 Å². The summed E-state index contributed by atoms with van der Waals surface area (Å²) in [4.78, 5) is 13.9. The van der Waals surface area contributed by atoms with Crippen LogP contribution in [0.4, 0.5) is 18.0 Å². The number of piperidine rings is 1. The van der Waals surface area contributed by atoms with Crippen molar-refractivity contribution in [1.82, 2.24) is 14.7 Å². The first-order chi connectivity index (χ1) is 18.3. The van der Waals surface area contributed by atoms with Gasteiger partial charge >= 0.3 is 12.3 Å². The smallest absolute Gasteiger partial charge is 0.420 e. The molecular weight excluding hydrogens is 515 g/mol. The Morgan fingerprint density at radius 2 is 1.44 bits per heavy atom. The van der Waals surface area contributed by atoms with Crippen molar-refractivity contribution in [2.45, 2.75) is 51.0 Å². The van der Waals surface area contributed by atoms with Gasteiger partial charge in [0.25, 0.3) is 0 Å². The number of nitrogens with zero attached hydrogens (tertiary/aromatic N) is 3. The molecule has 0 atom stereocenters. The molecular formula is C28H32F3N3O5. The first kappa shape index (κ1) is 28.3. The Bertz CT molecular complexity index is 1300. The average Bonchev–Trinajstić information content (AvgIpc) is 3.30. The molecule has 8 nitrogen and oxygen atoms in total. The molecule has 0 bridgehead atoms. The van der Waals surface area contributed by atoms with Crippen LogP contribution in [0.15, 0.2) is 48.5 Å². The Kier molecular flexibility index (Phi) is 7.57. The van der Waals surface area contributed by atoms with Gasteiger partial charge < -0.3 is 24.2 Å². The van der Waals surface area contributed by atoms with Crippen LogP contribution in [0, 0.1) is 0 Å². The van der Waals surface area contributed by atoms with Gasteiger partial charge in [0.2, 0.25) is 0 Å². The normalized spacial score (nSPS) is 15.7. The molecule has 0 saturated carbocycles. The van der Waals surface area contributed by atoms with E-state index in [1.807, 2.05) is 0 Å². The highest BCUT2D eigenvalue weighted by Crippen LogP contribution is 2.46. The number of likely N-dealkylation sites (tertiary alicyclic amines) is 1. The van der Waals surface area contributed by atoms with E-state index in [-0.39, 0.29) is 37.2 Å². The lowest BCUT2D eigenvalue weighted by atomic mass is 9.85. The summed E-state index contributed by atoms with van der Waals surface area (Å²) in [5.74, 6) is 1.01. The third-order valence-electron chi connectivity index (χ3n) is 6.53. The maximum atomic E-state index is 14.8. The quantitative estimate of drug-likeness (QED) is 0.435. The van der Waals surface area contributed by atoms with Crippen LogP contribution in [-0.4, -0.2) is 58.8 Å². The number of carbonyl (C=O) groups excluding carboxylic acids is 1. The second-order valence-electron chi connectivity index (χ2n) is 10.4. The summed E-state index contributed by atoms with van der Waals surface area (Å²) in [6.45, 7) is 5.21. The zero-order chi connectivity index (χ0) is 28.6. The van der Waals surface area contributed by atoms with Crippen LogP contribution in [-0.2, 0) is 16.5 Å². The Hall–Kier alpha value is -3.73. The van der Waals surface area contributed by atoms with Gasteiger partial charge in [-0.05, 0) is 82.1 Å². The minimum absolute atomic E-state index is 0.00990. The lowest BCUT2D eigenvalue weighted by Crippen LogP contribution is -2.47. The number of rotatable bonds is 5. The Morgan fingerprint density at radius 3 is 1.90 bits per heavy atom. The summed E-state index contributed by atoms with van der Waals surface area (Å²) in [5.41, 5.74) is -3.78. The highest BCUT2D eigenvalue weighted by molar-refractivity contribution is 5.70. The minimum atomic E-state index is -4.84. The molecule has 0 spiro atoms. The van der Waals surface area contributed by atoms with E-state index in [0.29, 0.717) is 17.2 Å². The molecule has 39 heavy (non-hydrogen) atoms. The van der Waals surface area contributed by atoms with Crippen LogP contribution < -0.4 is 9.47 Å². The number of methoxy groups -OCH3 is 2. The lowest BCUT2D eigenvalue weighted by molar-refractivity contribution is -0.141. The van der Waals surface area contributed by atoms with Crippen LogP contribution in [0.3, 0.4) is 0 Å². The van der Waals surface area contributed by atoms with E-state index in [2.05, 4.69) is 5.10 Å². The van der Waals surface area contributed by atoms with E-state index in [1.54, 1.807) is 57.2 Å². The molecule has 0 unspecified atom stereocenters. The Morgan fingerprint density at radius 1 is 0.923 bits per heavy atom. The fraction of sp³-hybridized carbons (Fsp3) is 0.429. The molecule has 1 fully saturated rings. The van der Waals surface area contributed by atoms with Crippen LogP contribution in [0.2, 0.25) is 0 Å². The highest BCUT2D eigenvalue weighted by atomic mass is 19.4. The van der Waals surface area contributed by atoms with E-state index < -0.39 is 34.7 Å². The van der Waals surface area contributed by atoms with E-state index in [1.165, 1.54) is 35.9 Å². The maximum absolute atomic E-state index is 14.8. The van der Waals surface area contributed by atoms with Crippen molar-refractivity contribution >= 4 is 6.09 Å². The molecule has 1 aliphatic heterocycles. The molecule has 1 aromatic heterocycles. The average molecular weight is 548 g/mol. The molecule has 1 N–H and O–H groups in total. The molecule has 2 aromatic carbocycles. The first-order valence-electron chi connectivity index (χ1n) is 12.5. The first-order valence-corrected chi connectivity index (χ1v) is 12.5. The SMILES string of the molecule is COc1ccc(-c2c(C(F)(F)F)c(C3(O)CCN(C(=O)OC(C)(C)C)CC3)nn2-c2ccc(OC)cc2)cc1. The molecule has 1 aliphatic rings. The lowest BCUT2D eigenvalue weighted by Gasteiger charge is -2.38. The van der Waals surface area contributed by atoms with Gasteiger partial charge in [0.05, 0.1) is 25.6 Å². The number of ether oxygens (including phenoxy) is 3. The predicted octanol–water partition coefficient (Wildman–Crippen LogP) is 5.79. The fourth-order valence-corrected chi connectivity index (χ4v) is 4.56. The predicted molar refractivity (Wildman–Crippen MR) is 138 cm³/mol. The molecule has 11 heteroatoms. The zero-order valence-corrected chi connectivity index (χ0v) is 22.5. The second kappa shape index (κ2) is 10.4. The topological polar surface area (TPSA) is 86.0 Å². The van der Waals surface area contributed by atoms with Crippen LogP contribution in [0.1, 0.15) is 44.9 Å². The number of carbonyl (C=O) groups is 1. The summed E-state index contributed by atoms with van der Waals surface area (Å²) >= 11 is 0. The molecule has 1 amide bonds. The molecule has 0 aliphatic carbocycles. The van der Waals surface area contributed by atoms with E-state index >= 15 is 0 Å². The Balaban J connectivity index is 1.83. The van der Waals surface area contributed by atoms with Gasteiger partial charge in [-0.1, -0.05) is 0 Å². The summed E-state index contributed by atoms with van der Waals surface area (Å²) < 4.78 is 61.4. The van der Waals surface area contributed by atoms with Crippen molar-refractivity contribution in [3.8, 4) is 28.4 Å². The van der Waals surface area contributed by atoms with E-state index in [4.69, 9.17) is 14.2 Å². The monoisotopic (exact) mass is 547 g/mol. The fourth-order valence-electron chi connectivity index (χ4n) is 4.56. The number of hydrogen-bond acceptors (Lipinski definition) is 6. The number of benzene rings is 2. The van der Waals surface area contributed by atoms with Gasteiger partial charge in [-0.3, -0.25) is 0 Å². The highest BCUT2D eigenvalue weighted by Gasteiger charge is 2.49. The van der Waals surface area contributed by atoms with Gasteiger partial charge in [0.1, 0.15) is 34.0 Å². The summed E-state index contributed by atoms with van der Waals surface area (Å²) in [5, 5.41) is 16.0. The summed E-state index contributed by atoms with van der Waals surface area (Å²) in [6, 6.07) is 12.6. The van der Waals surface area contributed by atoms with Crippen LogP contribution >= 0.6 is 0 Å². The van der Waals surface area contributed by atoms with Gasteiger partial charge in [-0.25, -0.2) is 9.48 Å². The summed E-state index contributed by atoms with van der Waals surface area (Å²) in [6.07, 6.45) is -5.70. The van der Waals surface area contributed by atoms with Gasteiger partial charge in [0, 0.05) is 18.7 Å². The van der Waals surface area contributed by atoms with Crippen molar-refractivity contribution in [3.05, 3.63) is 59.8 Å². The van der Waals surface area contributed by atoms with Crippen molar-refractivity contribution in [3.63, 3.8) is 0 Å². The van der Waals surface area contributed by atoms with Gasteiger partial charge in [0.15, 0.2) is 0 Å². The van der Waals surface area contributed by atoms with Crippen molar-refractivity contribution in [2.24, 2.45) is 0 Å². The van der Waals surface area contributed by atoms with Crippen molar-refractivity contribution in [1.29, 1.82) is 0 Å². The zero-order valence-electron chi connectivity index (χ0n) is 22.5. The van der Waals surface area contributed by atoms with E-state index in [0.717, 1.165) is 0 Å². The van der Waals surface area contributed by atoms with Gasteiger partial charge in [-0.2, -0.15) is 18.3 Å². The van der Waals surface area contributed by atoms with Crippen molar-refractivity contribution < 1.29 is 37.3 Å². The number of aromatic nitrogens is 2. The van der Waals surface area contributed by atoms with Crippen molar-refractivity contribution in [2.75, 3.05) is 27.3 Å². The molecule has 0 radical (unpaired) electrons. The molecule has 1 saturated heterocycles. The van der Waals surface area contributed by atoms with E-state index in [9.17, 15) is 23.1 Å². The number of hydrogen-bond donors (Lipinski definition) is 1.